The fourth-order valence-electron chi connectivity index (χ4n) is 1.87. The van der Waals surface area contributed by atoms with E-state index >= 15 is 0 Å². The first kappa shape index (κ1) is 12.8. The van der Waals surface area contributed by atoms with Crippen LogP contribution in [0.4, 0.5) is 0 Å². The van der Waals surface area contributed by atoms with Gasteiger partial charge in [-0.05, 0) is 23.1 Å². The quantitative estimate of drug-likeness (QED) is 0.789. The Labute approximate surface area is 108 Å². The topological polar surface area (TPSA) is 35.2 Å². The predicted octanol–water partition coefficient (Wildman–Crippen LogP) is 2.90. The van der Waals surface area contributed by atoms with Crippen molar-refractivity contribution in [1.29, 1.82) is 0 Å². The minimum Gasteiger partial charge on any atom is -0.376 e. The number of ether oxygens (including phenoxy) is 1. The van der Waals surface area contributed by atoms with Crippen molar-refractivity contribution >= 4 is 0 Å². The van der Waals surface area contributed by atoms with Crippen molar-refractivity contribution in [2.45, 2.75) is 19.6 Å². The molecule has 0 radical (unpaired) electrons. The average molecular weight is 241 g/mol. The highest BCUT2D eigenvalue weighted by Gasteiger charge is 1.96. The van der Waals surface area contributed by atoms with Gasteiger partial charge in [0.15, 0.2) is 0 Å². The lowest BCUT2D eigenvalue weighted by atomic mass is 10.1. The van der Waals surface area contributed by atoms with E-state index < -0.39 is 0 Å². The summed E-state index contributed by atoms with van der Waals surface area (Å²) in [5.74, 6) is 0. The molecule has 0 atom stereocenters. The van der Waals surface area contributed by atoms with E-state index in [1.165, 1.54) is 11.1 Å². The second-order valence-corrected chi connectivity index (χ2v) is 4.31. The highest BCUT2D eigenvalue weighted by molar-refractivity contribution is 5.22. The molecule has 18 heavy (non-hydrogen) atoms. The van der Waals surface area contributed by atoms with Gasteiger partial charge in [-0.2, -0.15) is 0 Å². The van der Waals surface area contributed by atoms with Gasteiger partial charge >= 0.3 is 0 Å². The molecule has 2 rings (SSSR count). The van der Waals surface area contributed by atoms with Crippen molar-refractivity contribution in [3.63, 3.8) is 0 Å². The molecule has 0 spiro atoms. The lowest BCUT2D eigenvalue weighted by molar-refractivity contribution is 0.124. The predicted molar refractivity (Wildman–Crippen MR) is 74.1 cm³/mol. The van der Waals surface area contributed by atoms with Crippen LogP contribution in [0.1, 0.15) is 16.7 Å². The summed E-state index contributed by atoms with van der Waals surface area (Å²) in [6, 6.07) is 18.6. The van der Waals surface area contributed by atoms with Crippen LogP contribution in [-0.2, 0) is 24.3 Å². The van der Waals surface area contributed by atoms with Gasteiger partial charge in [-0.1, -0.05) is 54.6 Å². The fourth-order valence-corrected chi connectivity index (χ4v) is 1.87. The van der Waals surface area contributed by atoms with Crippen molar-refractivity contribution in [2.24, 2.45) is 5.73 Å². The number of hydrogen-bond donors (Lipinski definition) is 1. The van der Waals surface area contributed by atoms with E-state index in [9.17, 15) is 0 Å². The summed E-state index contributed by atoms with van der Waals surface area (Å²) in [5.41, 5.74) is 9.26. The van der Waals surface area contributed by atoms with Crippen LogP contribution in [0.25, 0.3) is 0 Å². The van der Waals surface area contributed by atoms with E-state index in [4.69, 9.17) is 10.5 Å². The largest absolute Gasteiger partial charge is 0.376 e. The monoisotopic (exact) mass is 241 g/mol. The molecule has 0 aliphatic heterocycles. The smallest absolute Gasteiger partial charge is 0.0717 e. The molecule has 0 fully saturated rings. The van der Waals surface area contributed by atoms with Gasteiger partial charge in [0.05, 0.1) is 13.2 Å². The second kappa shape index (κ2) is 6.94. The zero-order valence-electron chi connectivity index (χ0n) is 10.5. The highest BCUT2D eigenvalue weighted by Crippen LogP contribution is 2.07. The van der Waals surface area contributed by atoms with E-state index in [0.717, 1.165) is 18.6 Å². The van der Waals surface area contributed by atoms with Crippen LogP contribution in [0.5, 0.6) is 0 Å². The van der Waals surface area contributed by atoms with Crippen LogP contribution >= 0.6 is 0 Å². The Hall–Kier alpha value is -1.64. The number of rotatable bonds is 6. The van der Waals surface area contributed by atoms with Crippen molar-refractivity contribution in [1.82, 2.24) is 0 Å². The maximum Gasteiger partial charge on any atom is 0.0717 e. The van der Waals surface area contributed by atoms with Gasteiger partial charge in [-0.3, -0.25) is 0 Å². The minimum absolute atomic E-state index is 0.581. The summed E-state index contributed by atoms with van der Waals surface area (Å²) in [4.78, 5) is 0. The molecule has 0 heterocycles. The van der Waals surface area contributed by atoms with Gasteiger partial charge in [0.1, 0.15) is 0 Å². The molecule has 0 bridgehead atoms. The van der Waals surface area contributed by atoms with Crippen LogP contribution in [0.15, 0.2) is 54.6 Å². The highest BCUT2D eigenvalue weighted by atomic mass is 16.5. The molecule has 0 aliphatic rings. The van der Waals surface area contributed by atoms with Crippen LogP contribution in [-0.4, -0.2) is 6.61 Å². The average Bonchev–Trinajstić information content (AvgIpc) is 2.45. The summed E-state index contributed by atoms with van der Waals surface area (Å²) < 4.78 is 5.68. The third-order valence-corrected chi connectivity index (χ3v) is 2.87. The molecular weight excluding hydrogens is 222 g/mol. The molecule has 2 nitrogen and oxygen atoms in total. The van der Waals surface area contributed by atoms with Crippen molar-refractivity contribution in [2.75, 3.05) is 6.61 Å². The van der Waals surface area contributed by atoms with Crippen molar-refractivity contribution in [3.8, 4) is 0 Å². The van der Waals surface area contributed by atoms with E-state index in [1.807, 2.05) is 18.2 Å². The third-order valence-electron chi connectivity index (χ3n) is 2.87. The summed E-state index contributed by atoms with van der Waals surface area (Å²) in [6.07, 6.45) is 0.956. The molecule has 0 amide bonds. The van der Waals surface area contributed by atoms with Gasteiger partial charge in [0.2, 0.25) is 0 Å². The lowest BCUT2D eigenvalue weighted by Crippen LogP contribution is -2.01. The first-order chi connectivity index (χ1) is 8.88. The Kier molecular flexibility index (Phi) is 4.94. The number of nitrogens with two attached hydrogens (primary N) is 1. The molecule has 0 saturated carbocycles. The van der Waals surface area contributed by atoms with Crippen LogP contribution in [0.2, 0.25) is 0 Å². The lowest BCUT2D eigenvalue weighted by Gasteiger charge is -2.06. The number of benzene rings is 2. The molecule has 0 aromatic heterocycles. The third kappa shape index (κ3) is 3.99. The first-order valence-electron chi connectivity index (χ1n) is 6.28. The molecule has 0 saturated heterocycles. The Morgan fingerprint density at radius 1 is 0.833 bits per heavy atom. The van der Waals surface area contributed by atoms with E-state index in [2.05, 4.69) is 36.4 Å². The summed E-state index contributed by atoms with van der Waals surface area (Å²) in [6.45, 7) is 1.98. The zero-order valence-corrected chi connectivity index (χ0v) is 10.5. The Balaban J connectivity index is 1.75. The zero-order chi connectivity index (χ0) is 12.6. The molecule has 0 unspecified atom stereocenters. The normalized spacial score (nSPS) is 10.5. The fraction of sp³-hybridized carbons (Fsp3) is 0.250. The first-order valence-corrected chi connectivity index (χ1v) is 6.28. The summed E-state index contributed by atoms with van der Waals surface area (Å²) in [5, 5.41) is 0. The van der Waals surface area contributed by atoms with Gasteiger partial charge in [0, 0.05) is 6.54 Å². The Morgan fingerprint density at radius 3 is 2.33 bits per heavy atom. The molecule has 94 valence electrons. The Bertz CT molecular complexity index is 468. The maximum atomic E-state index is 5.68. The van der Waals surface area contributed by atoms with Crippen LogP contribution in [0, 0.1) is 0 Å². The van der Waals surface area contributed by atoms with Crippen molar-refractivity contribution in [3.05, 3.63) is 71.3 Å². The van der Waals surface area contributed by atoms with Crippen molar-refractivity contribution < 1.29 is 4.74 Å². The number of hydrogen-bond acceptors (Lipinski definition) is 2. The van der Waals surface area contributed by atoms with Crippen LogP contribution in [0.3, 0.4) is 0 Å². The van der Waals surface area contributed by atoms with Gasteiger partial charge in [-0.15, -0.1) is 0 Å². The second-order valence-electron chi connectivity index (χ2n) is 4.31. The van der Waals surface area contributed by atoms with E-state index in [-0.39, 0.29) is 0 Å². The maximum absolute atomic E-state index is 5.68. The standard InChI is InChI=1S/C16H19NO/c17-12-15-7-4-8-16(11-15)13-18-10-9-14-5-2-1-3-6-14/h1-8,11H,9-10,12-13,17H2. The molecule has 0 aliphatic carbocycles. The molecule has 2 N–H and O–H groups in total. The van der Waals surface area contributed by atoms with Crippen LogP contribution < -0.4 is 5.73 Å². The summed E-state index contributed by atoms with van der Waals surface area (Å²) in [7, 11) is 0. The SMILES string of the molecule is NCc1cccc(COCCc2ccccc2)c1. The van der Waals surface area contributed by atoms with Gasteiger partial charge in [0.25, 0.3) is 0 Å². The van der Waals surface area contributed by atoms with Gasteiger partial charge < -0.3 is 10.5 Å². The summed E-state index contributed by atoms with van der Waals surface area (Å²) >= 11 is 0. The minimum atomic E-state index is 0.581. The Morgan fingerprint density at radius 2 is 1.56 bits per heavy atom. The molecule has 2 aromatic carbocycles. The molecule has 2 aromatic rings. The molecule has 2 heteroatoms. The van der Waals surface area contributed by atoms with E-state index in [0.29, 0.717) is 13.2 Å². The molecular formula is C16H19NO. The van der Waals surface area contributed by atoms with Gasteiger partial charge in [-0.25, -0.2) is 0 Å². The van der Waals surface area contributed by atoms with E-state index in [1.54, 1.807) is 0 Å².